The fourth-order valence-electron chi connectivity index (χ4n) is 1.39. The molecule has 1 rings (SSSR count). The lowest BCUT2D eigenvalue weighted by Gasteiger charge is -1.97. The van der Waals surface area contributed by atoms with Crippen molar-refractivity contribution in [2.75, 3.05) is 5.73 Å². The predicted molar refractivity (Wildman–Crippen MR) is 54.4 cm³/mol. The Bertz CT molecular complexity index is 268. The molecule has 0 bridgehead atoms. The monoisotopic (exact) mass is 198 g/mol. The minimum Gasteiger partial charge on any atom is -0.306 e. The van der Waals surface area contributed by atoms with E-state index in [0.29, 0.717) is 5.95 Å². The Kier molecular flexibility index (Phi) is 4.35. The van der Waals surface area contributed by atoms with E-state index in [-0.39, 0.29) is 0 Å². The molecule has 2 N–H and O–H groups in total. The third-order valence-electron chi connectivity index (χ3n) is 2.31. The summed E-state index contributed by atoms with van der Waals surface area (Å²) in [5.74, 6) is 0.656. The van der Waals surface area contributed by atoms with Crippen LogP contribution in [0.5, 0.6) is 0 Å². The van der Waals surface area contributed by atoms with Gasteiger partial charge in [0.25, 0.3) is 0 Å². The molecule has 1 heterocycles. The predicted octanol–water partition coefficient (Wildman–Crippen LogP) is 0.748. The lowest BCUT2D eigenvalue weighted by Crippen LogP contribution is -2.39. The molecule has 5 heteroatoms. The molecule has 0 aromatic carbocycles. The van der Waals surface area contributed by atoms with E-state index in [0.717, 1.165) is 19.5 Å². The van der Waals surface area contributed by atoms with Crippen LogP contribution < -0.4 is 10.4 Å². The fraction of sp³-hybridized carbons (Fsp3) is 0.889. The van der Waals surface area contributed by atoms with Gasteiger partial charge in [0.2, 0.25) is 0 Å². The molecule has 0 saturated carbocycles. The van der Waals surface area contributed by atoms with Crippen molar-refractivity contribution in [3.8, 4) is 0 Å². The van der Waals surface area contributed by atoms with Crippen LogP contribution in [0.4, 0.5) is 5.95 Å². The summed E-state index contributed by atoms with van der Waals surface area (Å²) in [6.07, 6.45) is 4.90. The SMILES string of the molecule is CCCCCC[n+]1nnn(CC)c1N. The first kappa shape index (κ1) is 10.9. The molecule has 80 valence electrons. The first-order valence-electron chi connectivity index (χ1n) is 5.38. The number of aromatic nitrogens is 4. The van der Waals surface area contributed by atoms with Crippen molar-refractivity contribution in [2.24, 2.45) is 0 Å². The maximum atomic E-state index is 5.83. The number of hydrogen-bond acceptors (Lipinski definition) is 3. The molecule has 0 aliphatic heterocycles. The van der Waals surface area contributed by atoms with E-state index in [1.807, 2.05) is 6.92 Å². The average molecular weight is 198 g/mol. The molecular weight excluding hydrogens is 178 g/mol. The van der Waals surface area contributed by atoms with Gasteiger partial charge in [-0.05, 0) is 13.3 Å². The summed E-state index contributed by atoms with van der Waals surface area (Å²) < 4.78 is 3.49. The normalized spacial score (nSPS) is 10.7. The number of nitrogens with two attached hydrogens (primary N) is 1. The molecule has 14 heavy (non-hydrogen) atoms. The highest BCUT2D eigenvalue weighted by Crippen LogP contribution is 1.99. The number of nitrogens with zero attached hydrogens (tertiary/aromatic N) is 4. The molecule has 5 nitrogen and oxygen atoms in total. The van der Waals surface area contributed by atoms with Crippen LogP contribution in [-0.4, -0.2) is 15.1 Å². The molecular formula is C9H20N5+. The van der Waals surface area contributed by atoms with Crippen LogP contribution in [0.25, 0.3) is 0 Å². The molecule has 0 aliphatic rings. The highest BCUT2D eigenvalue weighted by molar-refractivity contribution is 5.02. The minimum absolute atomic E-state index is 0.656. The number of hydrogen-bond donors (Lipinski definition) is 1. The van der Waals surface area contributed by atoms with Crippen molar-refractivity contribution in [1.29, 1.82) is 0 Å². The molecule has 0 unspecified atom stereocenters. The van der Waals surface area contributed by atoms with Crippen LogP contribution in [-0.2, 0) is 13.1 Å². The van der Waals surface area contributed by atoms with Gasteiger partial charge in [-0.25, -0.2) is 0 Å². The van der Waals surface area contributed by atoms with E-state index in [1.165, 1.54) is 19.3 Å². The van der Waals surface area contributed by atoms with Crippen LogP contribution in [0.15, 0.2) is 0 Å². The van der Waals surface area contributed by atoms with Gasteiger partial charge in [0.15, 0.2) is 0 Å². The second kappa shape index (κ2) is 5.57. The van der Waals surface area contributed by atoms with E-state index < -0.39 is 0 Å². The summed E-state index contributed by atoms with van der Waals surface area (Å²) in [7, 11) is 0. The largest absolute Gasteiger partial charge is 0.362 e. The standard InChI is InChI=1S/C9H19N5/c1-3-5-6-7-8-14-9(10)13(4-2)11-12-14/h10H,3-8H2,1-2H3/p+1. The van der Waals surface area contributed by atoms with Gasteiger partial charge < -0.3 is 5.73 Å². The molecule has 0 aliphatic carbocycles. The summed E-state index contributed by atoms with van der Waals surface area (Å²) in [4.78, 5) is 0. The molecule has 0 saturated heterocycles. The lowest BCUT2D eigenvalue weighted by atomic mass is 10.2. The summed E-state index contributed by atoms with van der Waals surface area (Å²) in [5, 5.41) is 7.93. The van der Waals surface area contributed by atoms with Gasteiger partial charge in [0.05, 0.1) is 18.3 Å². The summed E-state index contributed by atoms with van der Waals surface area (Å²) in [5.41, 5.74) is 5.83. The third-order valence-corrected chi connectivity index (χ3v) is 2.31. The third kappa shape index (κ3) is 2.68. The number of aryl methyl sites for hydroxylation is 2. The van der Waals surface area contributed by atoms with Gasteiger partial charge in [-0.1, -0.05) is 30.9 Å². The highest BCUT2D eigenvalue weighted by Gasteiger charge is 2.13. The molecule has 1 aromatic heterocycles. The Morgan fingerprint density at radius 3 is 2.64 bits per heavy atom. The fourth-order valence-corrected chi connectivity index (χ4v) is 1.39. The van der Waals surface area contributed by atoms with Crippen molar-refractivity contribution in [1.82, 2.24) is 15.1 Å². The lowest BCUT2D eigenvalue weighted by molar-refractivity contribution is -0.741. The van der Waals surface area contributed by atoms with Crippen LogP contribution in [0.3, 0.4) is 0 Å². The minimum atomic E-state index is 0.656. The maximum Gasteiger partial charge on any atom is 0.362 e. The molecule has 0 spiro atoms. The molecule has 0 amide bonds. The Morgan fingerprint density at radius 1 is 1.29 bits per heavy atom. The van der Waals surface area contributed by atoms with Crippen molar-refractivity contribution in [3.63, 3.8) is 0 Å². The van der Waals surface area contributed by atoms with Gasteiger partial charge in [0.1, 0.15) is 5.21 Å². The Balaban J connectivity index is 2.39. The number of anilines is 1. The smallest absolute Gasteiger partial charge is 0.306 e. The first-order valence-corrected chi connectivity index (χ1v) is 5.38. The van der Waals surface area contributed by atoms with Crippen LogP contribution in [0.1, 0.15) is 39.5 Å². The van der Waals surface area contributed by atoms with Crippen molar-refractivity contribution >= 4 is 5.95 Å². The Morgan fingerprint density at radius 2 is 2.07 bits per heavy atom. The highest BCUT2D eigenvalue weighted by atomic mass is 15.6. The Hall–Kier alpha value is -1.13. The quantitative estimate of drug-likeness (QED) is 0.542. The topological polar surface area (TPSA) is 60.6 Å². The average Bonchev–Trinajstić information content (AvgIpc) is 2.55. The summed E-state index contributed by atoms with van der Waals surface area (Å²) >= 11 is 0. The number of unbranched alkanes of at least 4 members (excludes halogenated alkanes) is 3. The van der Waals surface area contributed by atoms with Crippen molar-refractivity contribution < 1.29 is 4.68 Å². The van der Waals surface area contributed by atoms with Gasteiger partial charge in [0, 0.05) is 0 Å². The van der Waals surface area contributed by atoms with Crippen LogP contribution in [0.2, 0.25) is 0 Å². The summed E-state index contributed by atoms with van der Waals surface area (Å²) in [6.45, 7) is 5.87. The van der Waals surface area contributed by atoms with Crippen molar-refractivity contribution in [3.05, 3.63) is 0 Å². The van der Waals surface area contributed by atoms with E-state index in [9.17, 15) is 0 Å². The zero-order valence-electron chi connectivity index (χ0n) is 9.11. The molecule has 1 aromatic rings. The number of tetrazole rings is 1. The zero-order chi connectivity index (χ0) is 10.4. The molecule has 0 radical (unpaired) electrons. The van der Waals surface area contributed by atoms with Crippen molar-refractivity contribution in [2.45, 2.75) is 52.6 Å². The number of nitrogen functional groups attached to an aromatic ring is 1. The second-order valence-electron chi connectivity index (χ2n) is 3.44. The first-order chi connectivity index (χ1) is 6.79. The Labute approximate surface area is 84.9 Å². The van der Waals surface area contributed by atoms with Crippen LogP contribution in [0, 0.1) is 0 Å². The van der Waals surface area contributed by atoms with Gasteiger partial charge >= 0.3 is 5.95 Å². The second-order valence-corrected chi connectivity index (χ2v) is 3.44. The summed E-state index contributed by atoms with van der Waals surface area (Å²) in [6, 6.07) is 0. The van der Waals surface area contributed by atoms with E-state index in [4.69, 9.17) is 5.73 Å². The van der Waals surface area contributed by atoms with E-state index in [1.54, 1.807) is 9.36 Å². The van der Waals surface area contributed by atoms with Crippen LogP contribution >= 0.6 is 0 Å². The van der Waals surface area contributed by atoms with E-state index in [2.05, 4.69) is 17.4 Å². The number of rotatable bonds is 6. The zero-order valence-corrected chi connectivity index (χ0v) is 9.11. The molecule has 0 atom stereocenters. The van der Waals surface area contributed by atoms with Gasteiger partial charge in [-0.2, -0.15) is 0 Å². The van der Waals surface area contributed by atoms with Gasteiger partial charge in [-0.15, -0.1) is 4.68 Å². The van der Waals surface area contributed by atoms with E-state index >= 15 is 0 Å². The molecule has 0 fully saturated rings. The maximum absolute atomic E-state index is 5.83. The van der Waals surface area contributed by atoms with Gasteiger partial charge in [-0.3, -0.25) is 0 Å².